The Kier molecular flexibility index (Phi) is 8.15. The Balaban J connectivity index is 1.59. The van der Waals surface area contributed by atoms with Crippen LogP contribution < -0.4 is 9.46 Å². The molecule has 0 bridgehead atoms. The minimum atomic E-state index is -4.13. The van der Waals surface area contributed by atoms with Crippen molar-refractivity contribution in [1.29, 1.82) is 0 Å². The average molecular weight is 535 g/mol. The number of halogens is 1. The highest BCUT2D eigenvalue weighted by Gasteiger charge is 2.27. The Bertz CT molecular complexity index is 1620. The van der Waals surface area contributed by atoms with Crippen LogP contribution >= 0.6 is 0 Å². The predicted molar refractivity (Wildman–Crippen MR) is 143 cm³/mol. The van der Waals surface area contributed by atoms with Gasteiger partial charge in [0, 0.05) is 30.1 Å². The van der Waals surface area contributed by atoms with Crippen LogP contribution in [0.3, 0.4) is 0 Å². The summed E-state index contributed by atoms with van der Waals surface area (Å²) in [6.07, 6.45) is 1.75. The maximum atomic E-state index is 13.4. The average Bonchev–Trinajstić information content (AvgIpc) is 3.21. The minimum Gasteiger partial charge on any atom is -0.481 e. The predicted octanol–water partition coefficient (Wildman–Crippen LogP) is 4.51. The van der Waals surface area contributed by atoms with Gasteiger partial charge in [-0.3, -0.25) is 4.79 Å². The van der Waals surface area contributed by atoms with Gasteiger partial charge in [-0.1, -0.05) is 29.7 Å². The second-order valence-electron chi connectivity index (χ2n) is 8.83. The number of aryl methyl sites for hydroxylation is 1. The van der Waals surface area contributed by atoms with Gasteiger partial charge in [0.15, 0.2) is 0 Å². The molecule has 2 N–H and O–H groups in total. The van der Waals surface area contributed by atoms with Gasteiger partial charge in [-0.15, -0.1) is 5.92 Å². The van der Waals surface area contributed by atoms with E-state index in [0.717, 1.165) is 22.0 Å². The molecule has 196 valence electrons. The summed E-state index contributed by atoms with van der Waals surface area (Å²) in [5.41, 5.74) is 3.41. The number of carbonyl (C=O) groups is 1. The van der Waals surface area contributed by atoms with Gasteiger partial charge >= 0.3 is 5.97 Å². The second kappa shape index (κ2) is 11.5. The number of rotatable bonds is 10. The van der Waals surface area contributed by atoms with Crippen molar-refractivity contribution in [3.63, 3.8) is 0 Å². The number of carboxylic acids is 1. The number of hydrogen-bond acceptors (Lipinski definition) is 4. The zero-order chi connectivity index (χ0) is 27.3. The maximum absolute atomic E-state index is 13.4. The number of benzene rings is 3. The van der Waals surface area contributed by atoms with E-state index in [1.165, 1.54) is 36.4 Å². The molecule has 0 saturated heterocycles. The van der Waals surface area contributed by atoms with E-state index in [1.807, 2.05) is 35.9 Å². The highest BCUT2D eigenvalue weighted by molar-refractivity contribution is 7.89. The van der Waals surface area contributed by atoms with Crippen molar-refractivity contribution >= 4 is 26.9 Å². The van der Waals surface area contributed by atoms with Crippen molar-refractivity contribution in [2.24, 2.45) is 0 Å². The smallest absolute Gasteiger partial charge is 0.322 e. The Hall–Kier alpha value is -4.13. The number of sulfonamides is 1. The topological polar surface area (TPSA) is 97.6 Å². The first kappa shape index (κ1) is 26.9. The molecule has 1 atom stereocenters. The number of nitrogens with zero attached hydrogens (tertiary/aromatic N) is 1. The molecule has 1 unspecified atom stereocenters. The Morgan fingerprint density at radius 2 is 1.82 bits per heavy atom. The first-order chi connectivity index (χ1) is 18.2. The third-order valence-electron chi connectivity index (χ3n) is 6.03. The number of aliphatic carboxylic acids is 1. The summed E-state index contributed by atoms with van der Waals surface area (Å²) in [6, 6.07) is 16.3. The van der Waals surface area contributed by atoms with Crippen LogP contribution in [0.5, 0.6) is 5.75 Å². The summed E-state index contributed by atoms with van der Waals surface area (Å²) < 4.78 is 49.1. The fraction of sp³-hybridized carbons (Fsp3) is 0.207. The Morgan fingerprint density at radius 3 is 2.47 bits per heavy atom. The van der Waals surface area contributed by atoms with Crippen LogP contribution in [0.15, 0.2) is 77.8 Å². The summed E-state index contributed by atoms with van der Waals surface area (Å²) in [6.45, 7) is 4.24. The molecule has 0 aliphatic heterocycles. The number of aromatic nitrogens is 1. The van der Waals surface area contributed by atoms with E-state index in [1.54, 1.807) is 19.1 Å². The van der Waals surface area contributed by atoms with Crippen molar-refractivity contribution in [2.45, 2.75) is 37.8 Å². The monoisotopic (exact) mass is 534 g/mol. The third kappa shape index (κ3) is 6.40. The molecular weight excluding hydrogens is 507 g/mol. The molecule has 3 aromatic carbocycles. The standard InChI is InChI=1S/C29H27FN2O5S/c1-3-4-15-37-24-10-12-25(13-11-24)38(35,36)31-27(29(33)34)17-22-19-32(18-21-6-8-23(30)9-7-21)28-14-5-20(2)16-26(22)28/h5-14,16,19,27,31H,15,17-18H2,1-2H3,(H,33,34). The lowest BCUT2D eigenvalue weighted by atomic mass is 10.0. The van der Waals surface area contributed by atoms with E-state index in [2.05, 4.69) is 16.6 Å². The van der Waals surface area contributed by atoms with Crippen LogP contribution in [0.25, 0.3) is 10.9 Å². The summed E-state index contributed by atoms with van der Waals surface area (Å²) in [4.78, 5) is 12.1. The van der Waals surface area contributed by atoms with Crippen LogP contribution in [-0.4, -0.2) is 36.7 Å². The molecule has 9 heteroatoms. The molecule has 0 aliphatic rings. The molecule has 0 amide bonds. The van der Waals surface area contributed by atoms with E-state index < -0.39 is 22.0 Å². The van der Waals surface area contributed by atoms with Crippen LogP contribution in [0.2, 0.25) is 0 Å². The normalized spacial score (nSPS) is 12.1. The lowest BCUT2D eigenvalue weighted by Gasteiger charge is -2.15. The third-order valence-corrected chi connectivity index (χ3v) is 7.51. The number of fused-ring (bicyclic) bond motifs is 1. The summed E-state index contributed by atoms with van der Waals surface area (Å²) in [5, 5.41) is 10.7. The van der Waals surface area contributed by atoms with E-state index in [0.29, 0.717) is 17.9 Å². The molecule has 0 saturated carbocycles. The zero-order valence-electron chi connectivity index (χ0n) is 20.9. The first-order valence-electron chi connectivity index (χ1n) is 11.9. The molecule has 1 heterocycles. The lowest BCUT2D eigenvalue weighted by molar-refractivity contribution is -0.138. The van der Waals surface area contributed by atoms with Crippen molar-refractivity contribution in [3.05, 3.63) is 95.4 Å². The maximum Gasteiger partial charge on any atom is 0.322 e. The highest BCUT2D eigenvalue weighted by atomic mass is 32.2. The molecule has 0 fully saturated rings. The van der Waals surface area contributed by atoms with Crippen molar-refractivity contribution in [3.8, 4) is 17.6 Å². The SMILES string of the molecule is CC#CCOc1ccc(S(=O)(=O)NC(Cc2cn(Cc3ccc(F)cc3)c3ccc(C)cc23)C(=O)O)cc1. The van der Waals surface area contributed by atoms with Gasteiger partial charge in [0.25, 0.3) is 0 Å². The van der Waals surface area contributed by atoms with Gasteiger partial charge in [-0.05, 0) is 73.5 Å². The first-order valence-corrected chi connectivity index (χ1v) is 13.3. The quantitative estimate of drug-likeness (QED) is 0.292. The summed E-state index contributed by atoms with van der Waals surface area (Å²) in [7, 11) is -4.13. The lowest BCUT2D eigenvalue weighted by Crippen LogP contribution is -2.42. The highest BCUT2D eigenvalue weighted by Crippen LogP contribution is 2.26. The summed E-state index contributed by atoms with van der Waals surface area (Å²) >= 11 is 0. The van der Waals surface area contributed by atoms with Gasteiger partial charge in [0.2, 0.25) is 10.0 Å². The van der Waals surface area contributed by atoms with Gasteiger partial charge < -0.3 is 14.4 Å². The fourth-order valence-electron chi connectivity index (χ4n) is 4.13. The van der Waals surface area contributed by atoms with Gasteiger partial charge in [0.1, 0.15) is 24.2 Å². The van der Waals surface area contributed by atoms with Crippen molar-refractivity contribution in [1.82, 2.24) is 9.29 Å². The molecule has 38 heavy (non-hydrogen) atoms. The van der Waals surface area contributed by atoms with Crippen LogP contribution in [0.4, 0.5) is 4.39 Å². The largest absolute Gasteiger partial charge is 0.481 e. The van der Waals surface area contributed by atoms with Crippen molar-refractivity contribution < 1.29 is 27.4 Å². The van der Waals surface area contributed by atoms with Crippen LogP contribution in [0, 0.1) is 24.6 Å². The van der Waals surface area contributed by atoms with E-state index in [4.69, 9.17) is 4.74 Å². The van der Waals surface area contributed by atoms with Gasteiger partial charge in [-0.25, -0.2) is 12.8 Å². The molecule has 0 aliphatic carbocycles. The van der Waals surface area contributed by atoms with Crippen LogP contribution in [0.1, 0.15) is 23.6 Å². The molecule has 0 radical (unpaired) electrons. The Labute approximate surface area is 220 Å². The molecule has 4 aromatic rings. The fourth-order valence-corrected chi connectivity index (χ4v) is 5.32. The zero-order valence-corrected chi connectivity index (χ0v) is 21.8. The minimum absolute atomic E-state index is 0.0676. The van der Waals surface area contributed by atoms with Crippen molar-refractivity contribution in [2.75, 3.05) is 6.61 Å². The molecule has 1 aromatic heterocycles. The van der Waals surface area contributed by atoms with Gasteiger partial charge in [0.05, 0.1) is 4.90 Å². The number of carboxylic acid groups (broad SMARTS) is 1. The van der Waals surface area contributed by atoms with E-state index >= 15 is 0 Å². The van der Waals surface area contributed by atoms with E-state index in [9.17, 15) is 22.7 Å². The molecule has 7 nitrogen and oxygen atoms in total. The van der Waals surface area contributed by atoms with E-state index in [-0.39, 0.29) is 23.7 Å². The second-order valence-corrected chi connectivity index (χ2v) is 10.5. The summed E-state index contributed by atoms with van der Waals surface area (Å²) in [5.74, 6) is 4.29. The van der Waals surface area contributed by atoms with Crippen LogP contribution in [-0.2, 0) is 27.8 Å². The number of ether oxygens (including phenoxy) is 1. The number of nitrogens with one attached hydrogen (secondary N) is 1. The molecular formula is C29H27FN2O5S. The van der Waals surface area contributed by atoms with Gasteiger partial charge in [-0.2, -0.15) is 4.72 Å². The Morgan fingerprint density at radius 1 is 1.11 bits per heavy atom. The number of hydrogen-bond donors (Lipinski definition) is 2. The molecule has 0 spiro atoms. The molecule has 4 rings (SSSR count).